The molecular weight excluding hydrogens is 156 g/mol. The molecule has 1 saturated carbocycles. The van der Waals surface area contributed by atoms with Crippen LogP contribution in [0, 0.1) is 11.8 Å². The molecule has 0 bridgehead atoms. The molecule has 2 atom stereocenters. The van der Waals surface area contributed by atoms with Gasteiger partial charge in [-0.3, -0.25) is 0 Å². The first-order valence-corrected chi connectivity index (χ1v) is 5.31. The van der Waals surface area contributed by atoms with Gasteiger partial charge in [-0.05, 0) is 37.5 Å². The summed E-state index contributed by atoms with van der Waals surface area (Å²) in [5, 5.41) is 0.490. The molecule has 1 fully saturated rings. The highest BCUT2D eigenvalue weighted by atomic mass is 35.5. The zero-order chi connectivity index (χ0) is 8.27. The van der Waals surface area contributed by atoms with E-state index in [1.165, 1.54) is 32.1 Å². The van der Waals surface area contributed by atoms with E-state index in [4.69, 9.17) is 11.6 Å². The van der Waals surface area contributed by atoms with Gasteiger partial charge in [0, 0.05) is 5.38 Å². The summed E-state index contributed by atoms with van der Waals surface area (Å²) in [6.45, 7) is 4.57. The summed E-state index contributed by atoms with van der Waals surface area (Å²) in [4.78, 5) is 0. The molecule has 1 rings (SSSR count). The molecule has 0 amide bonds. The van der Waals surface area contributed by atoms with E-state index in [9.17, 15) is 0 Å². The number of hydrogen-bond donors (Lipinski definition) is 0. The van der Waals surface area contributed by atoms with Crippen LogP contribution in [0.25, 0.3) is 0 Å². The maximum Gasteiger partial charge on any atom is 0.0364 e. The van der Waals surface area contributed by atoms with Gasteiger partial charge in [-0.15, -0.1) is 11.6 Å². The maximum absolute atomic E-state index is 6.18. The van der Waals surface area contributed by atoms with E-state index in [2.05, 4.69) is 13.8 Å². The minimum Gasteiger partial charge on any atom is -0.123 e. The van der Waals surface area contributed by atoms with E-state index in [0.29, 0.717) is 5.38 Å². The van der Waals surface area contributed by atoms with Crippen LogP contribution in [-0.2, 0) is 0 Å². The Morgan fingerprint density at radius 3 is 2.45 bits per heavy atom. The smallest absolute Gasteiger partial charge is 0.0364 e. The highest BCUT2D eigenvalue weighted by molar-refractivity contribution is 6.20. The molecule has 0 aromatic rings. The van der Waals surface area contributed by atoms with Crippen molar-refractivity contribution in [3.05, 3.63) is 0 Å². The Morgan fingerprint density at radius 1 is 1.36 bits per heavy atom. The molecule has 0 aliphatic heterocycles. The number of hydrogen-bond acceptors (Lipinski definition) is 0. The quantitative estimate of drug-likeness (QED) is 0.556. The van der Waals surface area contributed by atoms with Crippen LogP contribution in [0.15, 0.2) is 0 Å². The average molecular weight is 175 g/mol. The fraction of sp³-hybridized carbons (Fsp3) is 1.00. The second kappa shape index (κ2) is 4.35. The molecule has 0 aromatic heterocycles. The standard InChI is InChI=1S/C10H19Cl/c1-3-8(2)4-7-10(11)9-5-6-9/h8-10H,3-7H2,1-2H3. The van der Waals surface area contributed by atoms with Gasteiger partial charge in [-0.1, -0.05) is 20.3 Å². The van der Waals surface area contributed by atoms with E-state index in [1.807, 2.05) is 0 Å². The summed E-state index contributed by atoms with van der Waals surface area (Å²) in [7, 11) is 0. The van der Waals surface area contributed by atoms with Gasteiger partial charge in [-0.2, -0.15) is 0 Å². The van der Waals surface area contributed by atoms with Crippen molar-refractivity contribution >= 4 is 11.6 Å². The first-order valence-electron chi connectivity index (χ1n) is 4.88. The van der Waals surface area contributed by atoms with Crippen molar-refractivity contribution in [3.8, 4) is 0 Å². The molecule has 1 aliphatic rings. The third-order valence-electron chi connectivity index (χ3n) is 2.77. The Kier molecular flexibility index (Phi) is 3.71. The normalized spacial score (nSPS) is 23.2. The van der Waals surface area contributed by atoms with Crippen LogP contribution in [-0.4, -0.2) is 5.38 Å². The van der Waals surface area contributed by atoms with Crippen molar-refractivity contribution in [2.75, 3.05) is 0 Å². The van der Waals surface area contributed by atoms with Gasteiger partial charge < -0.3 is 0 Å². The van der Waals surface area contributed by atoms with E-state index in [0.717, 1.165) is 11.8 Å². The summed E-state index contributed by atoms with van der Waals surface area (Å²) < 4.78 is 0. The van der Waals surface area contributed by atoms with Crippen LogP contribution >= 0.6 is 11.6 Å². The Bertz CT molecular complexity index is 107. The Hall–Kier alpha value is 0.290. The van der Waals surface area contributed by atoms with Crippen LogP contribution in [0.3, 0.4) is 0 Å². The van der Waals surface area contributed by atoms with E-state index in [-0.39, 0.29) is 0 Å². The Balaban J connectivity index is 2.00. The average Bonchev–Trinajstić information content (AvgIpc) is 2.81. The van der Waals surface area contributed by atoms with E-state index < -0.39 is 0 Å². The van der Waals surface area contributed by atoms with Crippen LogP contribution in [0.4, 0.5) is 0 Å². The largest absolute Gasteiger partial charge is 0.123 e. The van der Waals surface area contributed by atoms with Gasteiger partial charge in [0.2, 0.25) is 0 Å². The predicted octanol–water partition coefficient (Wildman–Crippen LogP) is 3.83. The molecule has 0 nitrogen and oxygen atoms in total. The lowest BCUT2D eigenvalue weighted by atomic mass is 10.0. The molecule has 0 saturated heterocycles. The first kappa shape index (κ1) is 9.38. The van der Waals surface area contributed by atoms with Gasteiger partial charge in [0.05, 0.1) is 0 Å². The van der Waals surface area contributed by atoms with Crippen LogP contribution < -0.4 is 0 Å². The molecule has 11 heavy (non-hydrogen) atoms. The summed E-state index contributed by atoms with van der Waals surface area (Å²) in [6, 6.07) is 0. The lowest BCUT2D eigenvalue weighted by molar-refractivity contribution is 0.477. The molecule has 0 heterocycles. The number of alkyl halides is 1. The second-order valence-electron chi connectivity index (χ2n) is 3.94. The van der Waals surface area contributed by atoms with Crippen LogP contribution in [0.5, 0.6) is 0 Å². The van der Waals surface area contributed by atoms with Gasteiger partial charge in [0.1, 0.15) is 0 Å². The molecule has 1 aliphatic carbocycles. The summed E-state index contributed by atoms with van der Waals surface area (Å²) in [6.07, 6.45) is 6.63. The fourth-order valence-electron chi connectivity index (χ4n) is 1.34. The SMILES string of the molecule is CCC(C)CCC(Cl)C1CC1. The molecule has 0 radical (unpaired) electrons. The summed E-state index contributed by atoms with van der Waals surface area (Å²) in [5.74, 6) is 1.75. The van der Waals surface area contributed by atoms with Crippen LogP contribution in [0.2, 0.25) is 0 Å². The van der Waals surface area contributed by atoms with Gasteiger partial charge in [0.25, 0.3) is 0 Å². The molecular formula is C10H19Cl. The lowest BCUT2D eigenvalue weighted by Crippen LogP contribution is -2.03. The van der Waals surface area contributed by atoms with Crippen molar-refractivity contribution in [2.45, 2.75) is 51.3 Å². The van der Waals surface area contributed by atoms with Crippen molar-refractivity contribution in [2.24, 2.45) is 11.8 Å². The minimum absolute atomic E-state index is 0.490. The number of halogens is 1. The van der Waals surface area contributed by atoms with Crippen molar-refractivity contribution in [1.82, 2.24) is 0 Å². The van der Waals surface area contributed by atoms with Gasteiger partial charge in [0.15, 0.2) is 0 Å². The van der Waals surface area contributed by atoms with E-state index >= 15 is 0 Å². The predicted molar refractivity (Wildman–Crippen MR) is 51.1 cm³/mol. The topological polar surface area (TPSA) is 0 Å². The summed E-state index contributed by atoms with van der Waals surface area (Å²) >= 11 is 6.18. The fourth-order valence-corrected chi connectivity index (χ4v) is 1.72. The van der Waals surface area contributed by atoms with Gasteiger partial charge in [-0.25, -0.2) is 0 Å². The third-order valence-corrected chi connectivity index (χ3v) is 3.34. The molecule has 0 spiro atoms. The minimum atomic E-state index is 0.490. The summed E-state index contributed by atoms with van der Waals surface area (Å²) in [5.41, 5.74) is 0. The monoisotopic (exact) mass is 174 g/mol. The zero-order valence-corrected chi connectivity index (χ0v) is 8.40. The Labute approximate surface area is 75.3 Å². The second-order valence-corrected chi connectivity index (χ2v) is 4.50. The molecule has 0 N–H and O–H groups in total. The third kappa shape index (κ3) is 3.46. The zero-order valence-electron chi connectivity index (χ0n) is 7.65. The highest BCUT2D eigenvalue weighted by Gasteiger charge is 2.29. The van der Waals surface area contributed by atoms with Crippen molar-refractivity contribution in [3.63, 3.8) is 0 Å². The van der Waals surface area contributed by atoms with Crippen molar-refractivity contribution in [1.29, 1.82) is 0 Å². The van der Waals surface area contributed by atoms with Gasteiger partial charge >= 0.3 is 0 Å². The highest BCUT2D eigenvalue weighted by Crippen LogP contribution is 2.38. The lowest BCUT2D eigenvalue weighted by Gasteiger charge is -2.11. The molecule has 2 unspecified atom stereocenters. The molecule has 0 aromatic carbocycles. The molecule has 66 valence electrons. The van der Waals surface area contributed by atoms with Crippen molar-refractivity contribution < 1.29 is 0 Å². The van der Waals surface area contributed by atoms with Crippen LogP contribution in [0.1, 0.15) is 46.0 Å². The first-order chi connectivity index (χ1) is 5.24. The maximum atomic E-state index is 6.18. The Morgan fingerprint density at radius 2 is 2.00 bits per heavy atom. The number of rotatable bonds is 5. The molecule has 1 heteroatoms. The van der Waals surface area contributed by atoms with E-state index in [1.54, 1.807) is 0 Å².